The second-order valence-electron chi connectivity index (χ2n) is 11.0. The van der Waals surface area contributed by atoms with Gasteiger partial charge in [-0.1, -0.05) is 0 Å². The van der Waals surface area contributed by atoms with Gasteiger partial charge in [0.25, 0.3) is 5.91 Å². The number of carbonyl (C=O) groups excluding carboxylic acids is 2. The van der Waals surface area contributed by atoms with E-state index in [2.05, 4.69) is 19.6 Å². The van der Waals surface area contributed by atoms with Gasteiger partial charge in [-0.3, -0.25) is 14.3 Å². The molecule has 226 valence electrons. The molecule has 1 aliphatic rings. The van der Waals surface area contributed by atoms with Crippen molar-refractivity contribution in [1.82, 2.24) is 43.8 Å². The molecule has 0 aliphatic carbocycles. The largest absolute Gasteiger partial charge is 0.337 e. The lowest BCUT2D eigenvalue weighted by molar-refractivity contribution is 0.0688. The molecular formula is C32H27F2N9O2. The van der Waals surface area contributed by atoms with E-state index in [1.54, 1.807) is 53.2 Å². The number of nitrogens with zero attached hydrogens (tertiary/aromatic N) is 9. The highest BCUT2D eigenvalue weighted by Gasteiger charge is 2.29. The Kier molecular flexibility index (Phi) is 7.20. The zero-order valence-corrected chi connectivity index (χ0v) is 24.2. The number of benzene rings is 1. The molecule has 0 atom stereocenters. The molecule has 1 aliphatic heterocycles. The second-order valence-corrected chi connectivity index (χ2v) is 11.0. The van der Waals surface area contributed by atoms with Gasteiger partial charge in [0.15, 0.2) is 11.4 Å². The van der Waals surface area contributed by atoms with Crippen LogP contribution in [0.5, 0.6) is 0 Å². The Morgan fingerprint density at radius 3 is 2.49 bits per heavy atom. The number of fused-ring (bicyclic) bond motifs is 1. The molecule has 0 radical (unpaired) electrons. The van der Waals surface area contributed by atoms with Crippen LogP contribution >= 0.6 is 0 Å². The topological polar surface area (TPSA) is 116 Å². The van der Waals surface area contributed by atoms with Crippen LogP contribution in [-0.2, 0) is 13.5 Å². The van der Waals surface area contributed by atoms with Crippen molar-refractivity contribution in [2.24, 2.45) is 7.05 Å². The highest BCUT2D eigenvalue weighted by atomic mass is 19.1. The molecule has 1 saturated heterocycles. The first kappa shape index (κ1) is 28.2. The van der Waals surface area contributed by atoms with Crippen molar-refractivity contribution in [2.75, 3.05) is 13.1 Å². The van der Waals surface area contributed by atoms with Crippen LogP contribution in [0.1, 0.15) is 45.4 Å². The fourth-order valence-corrected chi connectivity index (χ4v) is 5.73. The van der Waals surface area contributed by atoms with E-state index < -0.39 is 5.95 Å². The van der Waals surface area contributed by atoms with Gasteiger partial charge in [-0.2, -0.15) is 14.6 Å². The number of Topliss-reactive ketones (excluding diaryl/α,β-unsaturated/α-hetero) is 1. The average molecular weight is 608 g/mol. The first-order chi connectivity index (χ1) is 21.8. The summed E-state index contributed by atoms with van der Waals surface area (Å²) in [5.74, 6) is -1.45. The number of imidazole rings is 2. The van der Waals surface area contributed by atoms with Gasteiger partial charge in [-0.25, -0.2) is 23.9 Å². The summed E-state index contributed by atoms with van der Waals surface area (Å²) in [4.78, 5) is 40.3. The van der Waals surface area contributed by atoms with Gasteiger partial charge < -0.3 is 9.47 Å². The van der Waals surface area contributed by atoms with E-state index in [9.17, 15) is 18.4 Å². The summed E-state index contributed by atoms with van der Waals surface area (Å²) in [5, 5.41) is 9.09. The van der Waals surface area contributed by atoms with Crippen LogP contribution in [0.15, 0.2) is 79.5 Å². The number of halogens is 2. The molecule has 45 heavy (non-hydrogen) atoms. The smallest absolute Gasteiger partial charge is 0.274 e. The van der Waals surface area contributed by atoms with Crippen molar-refractivity contribution >= 4 is 17.3 Å². The van der Waals surface area contributed by atoms with E-state index >= 15 is 0 Å². The minimum atomic E-state index is -0.721. The summed E-state index contributed by atoms with van der Waals surface area (Å²) < 4.78 is 32.6. The Balaban J connectivity index is 1.19. The lowest BCUT2D eigenvalue weighted by Crippen LogP contribution is -2.39. The number of aryl methyl sites for hydroxylation is 1. The van der Waals surface area contributed by atoms with E-state index in [4.69, 9.17) is 10.1 Å². The third kappa shape index (κ3) is 5.59. The normalized spacial score (nSPS) is 13.9. The van der Waals surface area contributed by atoms with Gasteiger partial charge in [0, 0.05) is 55.8 Å². The van der Waals surface area contributed by atoms with Crippen molar-refractivity contribution in [3.63, 3.8) is 0 Å². The number of ketones is 1. The first-order valence-electron chi connectivity index (χ1n) is 14.4. The van der Waals surface area contributed by atoms with E-state index in [1.807, 2.05) is 17.0 Å². The quantitative estimate of drug-likeness (QED) is 0.193. The average Bonchev–Trinajstić information content (AvgIpc) is 3.79. The fraction of sp³-hybridized carbons (Fsp3) is 0.219. The summed E-state index contributed by atoms with van der Waals surface area (Å²) in [5.41, 5.74) is 4.39. The molecule has 0 unspecified atom stereocenters. The van der Waals surface area contributed by atoms with Crippen LogP contribution in [-0.4, -0.2) is 68.6 Å². The number of carbonyl (C=O) groups is 2. The molecule has 0 spiro atoms. The summed E-state index contributed by atoms with van der Waals surface area (Å²) >= 11 is 0. The molecule has 6 heterocycles. The number of rotatable bonds is 7. The predicted octanol–water partition coefficient (Wildman–Crippen LogP) is 4.57. The van der Waals surface area contributed by atoms with Gasteiger partial charge in [0.1, 0.15) is 17.2 Å². The number of pyridine rings is 1. The number of hydrogen-bond acceptors (Lipinski definition) is 7. The second kappa shape index (κ2) is 11.5. The number of aromatic nitrogens is 8. The third-order valence-corrected chi connectivity index (χ3v) is 7.99. The molecule has 1 amide bonds. The molecule has 1 aromatic carbocycles. The first-order valence-corrected chi connectivity index (χ1v) is 14.4. The van der Waals surface area contributed by atoms with E-state index in [1.165, 1.54) is 24.4 Å². The Morgan fingerprint density at radius 1 is 0.956 bits per heavy atom. The highest BCUT2D eigenvalue weighted by Crippen LogP contribution is 2.35. The van der Waals surface area contributed by atoms with Crippen molar-refractivity contribution in [3.8, 4) is 22.6 Å². The van der Waals surface area contributed by atoms with Crippen molar-refractivity contribution in [1.29, 1.82) is 0 Å². The predicted molar refractivity (Wildman–Crippen MR) is 159 cm³/mol. The number of piperidine rings is 1. The number of amides is 1. The van der Waals surface area contributed by atoms with Crippen LogP contribution < -0.4 is 0 Å². The Hall–Kier alpha value is -5.59. The lowest BCUT2D eigenvalue weighted by atomic mass is 10.0. The monoisotopic (exact) mass is 607 g/mol. The minimum Gasteiger partial charge on any atom is -0.337 e. The zero-order valence-electron chi connectivity index (χ0n) is 24.2. The SMILES string of the molecule is Cn1ccc(C(=O)N2CCC(n3cnc(-c4ccc(F)cc4)c3-c3ccc4nc(CC(=O)c5ccnc(F)c5)cn4n3)CC2)n1. The van der Waals surface area contributed by atoms with E-state index in [-0.39, 0.29) is 35.5 Å². The Morgan fingerprint density at radius 2 is 1.76 bits per heavy atom. The maximum absolute atomic E-state index is 13.8. The maximum Gasteiger partial charge on any atom is 0.274 e. The Bertz CT molecular complexity index is 2040. The molecule has 1 fully saturated rings. The minimum absolute atomic E-state index is 0.0310. The van der Waals surface area contributed by atoms with Crippen LogP contribution in [0.2, 0.25) is 0 Å². The number of likely N-dealkylation sites (tertiary alicyclic amines) is 1. The van der Waals surface area contributed by atoms with Gasteiger partial charge in [0.05, 0.1) is 36.0 Å². The zero-order chi connectivity index (χ0) is 31.1. The molecule has 0 saturated carbocycles. The summed E-state index contributed by atoms with van der Waals surface area (Å²) in [6.45, 7) is 1.10. The summed E-state index contributed by atoms with van der Waals surface area (Å²) in [7, 11) is 1.78. The third-order valence-electron chi connectivity index (χ3n) is 7.99. The Labute approximate surface area is 255 Å². The molecule has 13 heteroatoms. The molecular weight excluding hydrogens is 580 g/mol. The highest BCUT2D eigenvalue weighted by molar-refractivity contribution is 5.97. The standard InChI is InChI=1S/C32H27F2N9O2/c1-40-13-11-26(38-40)32(45)41-14-9-24(10-15-41)42-19-36-30(20-2-4-22(33)5-3-20)31(42)25-6-7-29-37-23(18-43(29)39-25)17-27(44)21-8-12-35-28(34)16-21/h2-8,11-13,16,18-19,24H,9-10,14-15,17H2,1H3. The molecule has 0 bridgehead atoms. The maximum atomic E-state index is 13.8. The van der Waals surface area contributed by atoms with E-state index in [0.29, 0.717) is 54.4 Å². The van der Waals surface area contributed by atoms with Crippen LogP contribution in [0.25, 0.3) is 28.3 Å². The van der Waals surface area contributed by atoms with Crippen molar-refractivity contribution in [3.05, 3.63) is 108 Å². The van der Waals surface area contributed by atoms with Gasteiger partial charge in [-0.05, 0) is 61.4 Å². The van der Waals surface area contributed by atoms with Gasteiger partial charge >= 0.3 is 0 Å². The fourth-order valence-electron chi connectivity index (χ4n) is 5.73. The van der Waals surface area contributed by atoms with Crippen LogP contribution in [0, 0.1) is 11.8 Å². The number of hydrogen-bond donors (Lipinski definition) is 0. The van der Waals surface area contributed by atoms with Crippen molar-refractivity contribution < 1.29 is 18.4 Å². The van der Waals surface area contributed by atoms with Crippen LogP contribution in [0.4, 0.5) is 8.78 Å². The molecule has 7 rings (SSSR count). The van der Waals surface area contributed by atoms with Gasteiger partial charge in [-0.15, -0.1) is 0 Å². The molecule has 0 N–H and O–H groups in total. The summed E-state index contributed by atoms with van der Waals surface area (Å²) in [6, 6.07) is 14.1. The summed E-state index contributed by atoms with van der Waals surface area (Å²) in [6.07, 6.45) is 7.81. The molecule has 11 nitrogen and oxygen atoms in total. The van der Waals surface area contributed by atoms with Crippen molar-refractivity contribution in [2.45, 2.75) is 25.3 Å². The van der Waals surface area contributed by atoms with Gasteiger partial charge in [0.2, 0.25) is 5.95 Å². The van der Waals surface area contributed by atoms with E-state index in [0.717, 1.165) is 17.3 Å². The molecule has 6 aromatic rings. The lowest BCUT2D eigenvalue weighted by Gasteiger charge is -2.33. The van der Waals surface area contributed by atoms with Crippen LogP contribution in [0.3, 0.4) is 0 Å². The molecule has 5 aromatic heterocycles.